The molecule has 0 spiro atoms. The van der Waals surface area contributed by atoms with E-state index in [2.05, 4.69) is 5.32 Å². The second-order valence-corrected chi connectivity index (χ2v) is 6.75. The number of aliphatic carboxylic acids is 1. The molecular weight excluding hydrogens is 300 g/mol. The Kier molecular flexibility index (Phi) is 7.79. The predicted octanol–water partition coefficient (Wildman–Crippen LogP) is 2.03. The molecule has 0 aliphatic carbocycles. The first-order valence-electron chi connectivity index (χ1n) is 7.49. The molecular formula is C16H28N2O5. The topological polar surface area (TPSA) is 95.9 Å². The van der Waals surface area contributed by atoms with Crippen LogP contribution in [0.3, 0.4) is 0 Å². The van der Waals surface area contributed by atoms with E-state index in [0.717, 1.165) is 0 Å². The standard InChI is InChI=1S/C16H28N2O5/c1-10(2)12(8-11(3)14(20)21)18(7)13(19)9-17-15(22)23-16(4,5)6/h8,10,12H,9H2,1-7H3,(H,17,22)(H,20,21)/b11-8+. The van der Waals surface area contributed by atoms with E-state index in [0.29, 0.717) is 0 Å². The first-order valence-corrected chi connectivity index (χ1v) is 7.49. The third-order valence-electron chi connectivity index (χ3n) is 3.06. The number of carboxylic acid groups (broad SMARTS) is 1. The Hall–Kier alpha value is -2.05. The number of amides is 2. The number of rotatable bonds is 6. The Bertz CT molecular complexity index is 477. The lowest BCUT2D eigenvalue weighted by atomic mass is 10.00. The van der Waals surface area contributed by atoms with Crippen LogP contribution in [-0.2, 0) is 14.3 Å². The summed E-state index contributed by atoms with van der Waals surface area (Å²) in [6, 6.07) is -0.376. The summed E-state index contributed by atoms with van der Waals surface area (Å²) in [7, 11) is 1.58. The number of nitrogens with one attached hydrogen (secondary N) is 1. The minimum absolute atomic E-state index is 0.0276. The number of carbonyl (C=O) groups is 3. The lowest BCUT2D eigenvalue weighted by molar-refractivity contribution is -0.133. The number of ether oxygens (including phenoxy) is 1. The molecule has 1 unspecified atom stereocenters. The number of hydrogen-bond acceptors (Lipinski definition) is 4. The monoisotopic (exact) mass is 328 g/mol. The van der Waals surface area contributed by atoms with Crippen LogP contribution in [0, 0.1) is 5.92 Å². The Morgan fingerprint density at radius 3 is 2.17 bits per heavy atom. The zero-order valence-corrected chi connectivity index (χ0v) is 15.0. The molecule has 23 heavy (non-hydrogen) atoms. The summed E-state index contributed by atoms with van der Waals surface area (Å²) in [5.41, 5.74) is -0.468. The summed E-state index contributed by atoms with van der Waals surface area (Å²) >= 11 is 0. The van der Waals surface area contributed by atoms with Gasteiger partial charge in [-0.05, 0) is 33.6 Å². The van der Waals surface area contributed by atoms with E-state index in [-0.39, 0.29) is 30.0 Å². The van der Waals surface area contributed by atoms with Crippen molar-refractivity contribution in [2.45, 2.75) is 53.2 Å². The second-order valence-electron chi connectivity index (χ2n) is 6.75. The maximum absolute atomic E-state index is 12.2. The highest BCUT2D eigenvalue weighted by Crippen LogP contribution is 2.13. The number of likely N-dealkylation sites (N-methyl/N-ethyl adjacent to an activating group) is 1. The van der Waals surface area contributed by atoms with Gasteiger partial charge in [0.15, 0.2) is 0 Å². The smallest absolute Gasteiger partial charge is 0.408 e. The second kappa shape index (κ2) is 8.55. The number of alkyl carbamates (subject to hydrolysis) is 1. The molecule has 0 bridgehead atoms. The fourth-order valence-corrected chi connectivity index (χ4v) is 1.83. The number of carboxylic acids is 1. The highest BCUT2D eigenvalue weighted by Gasteiger charge is 2.23. The van der Waals surface area contributed by atoms with Gasteiger partial charge in [-0.3, -0.25) is 4.79 Å². The lowest BCUT2D eigenvalue weighted by Crippen LogP contribution is -2.45. The fraction of sp³-hybridized carbons (Fsp3) is 0.688. The summed E-state index contributed by atoms with van der Waals surface area (Å²) in [6.07, 6.45) is 0.871. The Morgan fingerprint density at radius 1 is 1.26 bits per heavy atom. The molecule has 0 saturated carbocycles. The normalized spacial score (nSPS) is 13.5. The van der Waals surface area contributed by atoms with Crippen molar-refractivity contribution in [1.29, 1.82) is 0 Å². The average Bonchev–Trinajstić information content (AvgIpc) is 2.38. The molecule has 0 heterocycles. The van der Waals surface area contributed by atoms with Gasteiger partial charge in [0, 0.05) is 12.6 Å². The Balaban J connectivity index is 4.81. The highest BCUT2D eigenvalue weighted by molar-refractivity contribution is 5.86. The average molecular weight is 328 g/mol. The third-order valence-corrected chi connectivity index (χ3v) is 3.06. The predicted molar refractivity (Wildman–Crippen MR) is 87.0 cm³/mol. The lowest BCUT2D eigenvalue weighted by Gasteiger charge is -2.29. The van der Waals surface area contributed by atoms with Crippen molar-refractivity contribution >= 4 is 18.0 Å². The Labute approximate surface area is 137 Å². The van der Waals surface area contributed by atoms with Gasteiger partial charge < -0.3 is 20.1 Å². The van der Waals surface area contributed by atoms with Crippen LogP contribution in [0.5, 0.6) is 0 Å². The van der Waals surface area contributed by atoms with Gasteiger partial charge in [-0.2, -0.15) is 0 Å². The van der Waals surface area contributed by atoms with Gasteiger partial charge in [-0.15, -0.1) is 0 Å². The van der Waals surface area contributed by atoms with Crippen LogP contribution in [0.2, 0.25) is 0 Å². The van der Waals surface area contributed by atoms with E-state index in [1.54, 1.807) is 33.9 Å². The minimum Gasteiger partial charge on any atom is -0.478 e. The molecule has 7 nitrogen and oxygen atoms in total. The van der Waals surface area contributed by atoms with Crippen molar-refractivity contribution in [3.05, 3.63) is 11.6 Å². The first-order chi connectivity index (χ1) is 10.3. The molecule has 0 saturated heterocycles. The molecule has 0 radical (unpaired) electrons. The largest absolute Gasteiger partial charge is 0.478 e. The van der Waals surface area contributed by atoms with Gasteiger partial charge >= 0.3 is 12.1 Å². The molecule has 0 aliphatic heterocycles. The van der Waals surface area contributed by atoms with Gasteiger partial charge in [-0.1, -0.05) is 19.9 Å². The molecule has 0 rings (SSSR count). The van der Waals surface area contributed by atoms with Gasteiger partial charge in [-0.25, -0.2) is 9.59 Å². The first kappa shape index (κ1) is 20.9. The molecule has 2 amide bonds. The molecule has 0 aromatic rings. The zero-order valence-electron chi connectivity index (χ0n) is 15.0. The number of carbonyl (C=O) groups excluding carboxylic acids is 2. The molecule has 132 valence electrons. The van der Waals surface area contributed by atoms with Gasteiger partial charge in [0.1, 0.15) is 12.1 Å². The van der Waals surface area contributed by atoms with E-state index in [4.69, 9.17) is 9.84 Å². The quantitative estimate of drug-likeness (QED) is 0.727. The molecule has 1 atom stereocenters. The molecule has 0 aromatic heterocycles. The zero-order chi connectivity index (χ0) is 18.4. The molecule has 2 N–H and O–H groups in total. The van der Waals surface area contributed by atoms with Crippen LogP contribution in [0.1, 0.15) is 41.5 Å². The summed E-state index contributed by atoms with van der Waals surface area (Å²) in [4.78, 5) is 36.1. The molecule has 0 fully saturated rings. The SMILES string of the molecule is C/C(=C\C(C(C)C)N(C)C(=O)CNC(=O)OC(C)(C)C)C(=O)O. The van der Waals surface area contributed by atoms with Crippen LogP contribution >= 0.6 is 0 Å². The molecule has 0 aromatic carbocycles. The Morgan fingerprint density at radius 2 is 1.78 bits per heavy atom. The summed E-state index contributed by atoms with van der Waals surface area (Å²) in [5.74, 6) is -1.33. The van der Waals surface area contributed by atoms with Crippen molar-refractivity contribution in [1.82, 2.24) is 10.2 Å². The summed E-state index contributed by atoms with van der Waals surface area (Å²) in [6.45, 7) is 10.2. The van der Waals surface area contributed by atoms with Crippen LogP contribution in [0.15, 0.2) is 11.6 Å². The fourth-order valence-electron chi connectivity index (χ4n) is 1.83. The third kappa shape index (κ3) is 8.23. The number of nitrogens with zero attached hydrogens (tertiary/aromatic N) is 1. The van der Waals surface area contributed by atoms with Crippen molar-refractivity contribution < 1.29 is 24.2 Å². The van der Waals surface area contributed by atoms with E-state index >= 15 is 0 Å². The van der Waals surface area contributed by atoms with Crippen molar-refractivity contribution in [3.8, 4) is 0 Å². The van der Waals surface area contributed by atoms with E-state index < -0.39 is 17.7 Å². The van der Waals surface area contributed by atoms with Crippen molar-refractivity contribution in [2.24, 2.45) is 5.92 Å². The maximum atomic E-state index is 12.2. The van der Waals surface area contributed by atoms with E-state index in [9.17, 15) is 14.4 Å². The molecule has 7 heteroatoms. The molecule has 0 aliphatic rings. The van der Waals surface area contributed by atoms with E-state index in [1.165, 1.54) is 11.8 Å². The highest BCUT2D eigenvalue weighted by atomic mass is 16.6. The number of hydrogen-bond donors (Lipinski definition) is 2. The van der Waals surface area contributed by atoms with Crippen molar-refractivity contribution in [2.75, 3.05) is 13.6 Å². The summed E-state index contributed by atoms with van der Waals surface area (Å²) < 4.78 is 5.06. The van der Waals surface area contributed by atoms with Crippen LogP contribution in [0.4, 0.5) is 4.79 Å². The van der Waals surface area contributed by atoms with Crippen LogP contribution < -0.4 is 5.32 Å². The van der Waals surface area contributed by atoms with Crippen LogP contribution in [0.25, 0.3) is 0 Å². The van der Waals surface area contributed by atoms with Gasteiger partial charge in [0.2, 0.25) is 5.91 Å². The van der Waals surface area contributed by atoms with Gasteiger partial charge in [0.05, 0.1) is 6.04 Å². The van der Waals surface area contributed by atoms with Crippen LogP contribution in [-0.4, -0.2) is 53.2 Å². The summed E-state index contributed by atoms with van der Waals surface area (Å²) in [5, 5.41) is 11.4. The van der Waals surface area contributed by atoms with E-state index in [1.807, 2.05) is 13.8 Å². The maximum Gasteiger partial charge on any atom is 0.408 e. The van der Waals surface area contributed by atoms with Gasteiger partial charge in [0.25, 0.3) is 0 Å². The van der Waals surface area contributed by atoms with Crippen molar-refractivity contribution in [3.63, 3.8) is 0 Å². The minimum atomic E-state index is -1.02.